The lowest BCUT2D eigenvalue weighted by Crippen LogP contribution is -2.51. The third kappa shape index (κ3) is 4.44. The van der Waals surface area contributed by atoms with Crippen molar-refractivity contribution in [3.8, 4) is 0 Å². The summed E-state index contributed by atoms with van der Waals surface area (Å²) in [5.41, 5.74) is 0.214. The van der Waals surface area contributed by atoms with Crippen molar-refractivity contribution in [1.82, 2.24) is 9.80 Å². The number of morpholine rings is 1. The fourth-order valence-electron chi connectivity index (χ4n) is 3.88. The number of nitrogens with zero attached hydrogens (tertiary/aromatic N) is 3. The van der Waals surface area contributed by atoms with E-state index in [1.54, 1.807) is 11.0 Å². The zero-order valence-electron chi connectivity index (χ0n) is 15.7. The average Bonchev–Trinajstić information content (AvgIpc) is 2.66. The third-order valence-electron chi connectivity index (χ3n) is 5.17. The van der Waals surface area contributed by atoms with Crippen LogP contribution in [0.5, 0.6) is 0 Å². The van der Waals surface area contributed by atoms with E-state index < -0.39 is 4.92 Å². The van der Waals surface area contributed by atoms with Gasteiger partial charge in [-0.25, -0.2) is 0 Å². The maximum Gasteiger partial charge on any atom is 0.270 e. The summed E-state index contributed by atoms with van der Waals surface area (Å²) >= 11 is 0. The first-order valence-electron chi connectivity index (χ1n) is 9.33. The van der Waals surface area contributed by atoms with Crippen molar-refractivity contribution in [3.05, 3.63) is 39.9 Å². The Kier molecular flexibility index (Phi) is 5.74. The number of piperidine rings is 1. The van der Waals surface area contributed by atoms with Crippen LogP contribution in [-0.2, 0) is 9.53 Å². The summed E-state index contributed by atoms with van der Waals surface area (Å²) in [5, 5.41) is 10.9. The maximum absolute atomic E-state index is 12.8. The molecule has 0 N–H and O–H groups in total. The van der Waals surface area contributed by atoms with Gasteiger partial charge in [0.15, 0.2) is 0 Å². The van der Waals surface area contributed by atoms with Crippen molar-refractivity contribution in [2.24, 2.45) is 5.92 Å². The van der Waals surface area contributed by atoms with Crippen molar-refractivity contribution < 1.29 is 19.2 Å². The Bertz CT molecular complexity index is 720. The van der Waals surface area contributed by atoms with Gasteiger partial charge in [0.1, 0.15) is 0 Å². The fraction of sp³-hybridized carbons (Fsp3) is 0.579. The minimum Gasteiger partial charge on any atom is -0.372 e. The number of nitro groups is 1. The molecule has 0 spiro atoms. The van der Waals surface area contributed by atoms with Crippen molar-refractivity contribution >= 4 is 17.5 Å². The van der Waals surface area contributed by atoms with E-state index in [4.69, 9.17) is 4.74 Å². The highest BCUT2D eigenvalue weighted by Gasteiger charge is 2.33. The van der Waals surface area contributed by atoms with Crippen LogP contribution in [0.4, 0.5) is 5.69 Å². The molecular weight excluding hydrogens is 350 g/mol. The summed E-state index contributed by atoms with van der Waals surface area (Å²) in [6.45, 7) is 6.11. The van der Waals surface area contributed by atoms with Crippen molar-refractivity contribution in [3.63, 3.8) is 0 Å². The minimum atomic E-state index is -0.508. The fourth-order valence-corrected chi connectivity index (χ4v) is 3.88. The number of rotatable bonds is 3. The van der Waals surface area contributed by atoms with Crippen LogP contribution in [0.2, 0.25) is 0 Å². The van der Waals surface area contributed by atoms with Crippen LogP contribution in [0.25, 0.3) is 0 Å². The highest BCUT2D eigenvalue weighted by Crippen LogP contribution is 2.24. The Morgan fingerprint density at radius 1 is 1.11 bits per heavy atom. The van der Waals surface area contributed by atoms with Gasteiger partial charge in [0, 0.05) is 49.8 Å². The number of ether oxygens (including phenoxy) is 1. The first-order chi connectivity index (χ1) is 12.8. The van der Waals surface area contributed by atoms with E-state index in [-0.39, 0.29) is 35.6 Å². The van der Waals surface area contributed by atoms with Gasteiger partial charge in [0.2, 0.25) is 5.91 Å². The van der Waals surface area contributed by atoms with Crippen molar-refractivity contribution in [1.29, 1.82) is 0 Å². The number of hydrogen-bond acceptors (Lipinski definition) is 5. The zero-order valence-corrected chi connectivity index (χ0v) is 15.7. The summed E-state index contributed by atoms with van der Waals surface area (Å²) in [7, 11) is 0. The second-order valence-electron chi connectivity index (χ2n) is 7.37. The molecule has 0 aliphatic carbocycles. The van der Waals surface area contributed by atoms with Gasteiger partial charge in [-0.15, -0.1) is 0 Å². The van der Waals surface area contributed by atoms with Gasteiger partial charge in [0.25, 0.3) is 11.6 Å². The molecule has 0 aromatic heterocycles. The highest BCUT2D eigenvalue weighted by molar-refractivity contribution is 5.95. The molecule has 27 heavy (non-hydrogen) atoms. The predicted octanol–water partition coefficient (Wildman–Crippen LogP) is 2.08. The monoisotopic (exact) mass is 375 g/mol. The number of hydrogen-bond donors (Lipinski definition) is 0. The van der Waals surface area contributed by atoms with E-state index in [0.29, 0.717) is 44.6 Å². The van der Waals surface area contributed by atoms with Crippen LogP contribution < -0.4 is 0 Å². The molecule has 2 saturated heterocycles. The van der Waals surface area contributed by atoms with Gasteiger partial charge in [-0.05, 0) is 32.8 Å². The molecule has 2 aliphatic rings. The van der Waals surface area contributed by atoms with Crippen LogP contribution in [0, 0.1) is 16.0 Å². The van der Waals surface area contributed by atoms with E-state index in [1.165, 1.54) is 18.2 Å². The van der Waals surface area contributed by atoms with Gasteiger partial charge in [-0.2, -0.15) is 0 Å². The van der Waals surface area contributed by atoms with Gasteiger partial charge in [-0.1, -0.05) is 6.07 Å². The lowest BCUT2D eigenvalue weighted by atomic mass is 9.94. The number of non-ortho nitro benzene ring substituents is 1. The van der Waals surface area contributed by atoms with Gasteiger partial charge < -0.3 is 14.5 Å². The first-order valence-corrected chi connectivity index (χ1v) is 9.33. The molecule has 1 aromatic carbocycles. The smallest absolute Gasteiger partial charge is 0.270 e. The topological polar surface area (TPSA) is 93.0 Å². The van der Waals surface area contributed by atoms with E-state index in [9.17, 15) is 19.7 Å². The Morgan fingerprint density at radius 3 is 2.33 bits per heavy atom. The molecule has 2 heterocycles. The average molecular weight is 375 g/mol. The molecule has 2 fully saturated rings. The quantitative estimate of drug-likeness (QED) is 0.596. The van der Waals surface area contributed by atoms with Crippen LogP contribution in [0.3, 0.4) is 0 Å². The normalized spacial score (nSPS) is 23.9. The van der Waals surface area contributed by atoms with Crippen LogP contribution >= 0.6 is 0 Å². The van der Waals surface area contributed by atoms with Gasteiger partial charge in [-0.3, -0.25) is 19.7 Å². The Labute approximate surface area is 158 Å². The predicted molar refractivity (Wildman–Crippen MR) is 98.3 cm³/mol. The molecule has 0 unspecified atom stereocenters. The second kappa shape index (κ2) is 8.04. The largest absolute Gasteiger partial charge is 0.372 e. The zero-order chi connectivity index (χ0) is 19.6. The molecule has 3 rings (SSSR count). The molecule has 2 aliphatic heterocycles. The summed E-state index contributed by atoms with van der Waals surface area (Å²) in [6, 6.07) is 5.77. The second-order valence-corrected chi connectivity index (χ2v) is 7.37. The molecule has 146 valence electrons. The molecule has 8 nitrogen and oxygen atoms in total. The maximum atomic E-state index is 12.8. The summed E-state index contributed by atoms with van der Waals surface area (Å²) < 4.78 is 5.68. The summed E-state index contributed by atoms with van der Waals surface area (Å²) in [6.07, 6.45) is 1.29. The Morgan fingerprint density at radius 2 is 1.74 bits per heavy atom. The van der Waals surface area contributed by atoms with Crippen LogP contribution in [-0.4, -0.2) is 64.9 Å². The standard InChI is InChI=1S/C19H25N3O5/c1-13-11-21(12-14(2)27-13)18(23)15-6-8-20(9-7-15)19(24)16-4-3-5-17(10-16)22(25)26/h3-5,10,13-15H,6-9,11-12H2,1-2H3/t13-,14-/m0/s1. The number of carbonyl (C=O) groups is 2. The number of amides is 2. The number of benzene rings is 1. The number of nitro benzene ring substituents is 1. The summed E-state index contributed by atoms with van der Waals surface area (Å²) in [4.78, 5) is 39.4. The molecule has 2 atom stereocenters. The van der Waals surface area contributed by atoms with Crippen molar-refractivity contribution in [2.75, 3.05) is 26.2 Å². The molecule has 0 bridgehead atoms. The third-order valence-corrected chi connectivity index (χ3v) is 5.17. The number of likely N-dealkylation sites (tertiary alicyclic amines) is 1. The van der Waals surface area contributed by atoms with E-state index in [1.807, 2.05) is 18.7 Å². The molecule has 8 heteroatoms. The van der Waals surface area contributed by atoms with E-state index in [2.05, 4.69) is 0 Å². The number of carbonyl (C=O) groups excluding carboxylic acids is 2. The van der Waals surface area contributed by atoms with Gasteiger partial charge in [0.05, 0.1) is 17.1 Å². The van der Waals surface area contributed by atoms with Crippen molar-refractivity contribution in [2.45, 2.75) is 38.9 Å². The SMILES string of the molecule is C[C@H]1CN(C(=O)C2CCN(C(=O)c3cccc([N+](=O)[O-])c3)CC2)C[C@H](C)O1. The Hall–Kier alpha value is -2.48. The molecule has 0 radical (unpaired) electrons. The molecular formula is C19H25N3O5. The Balaban J connectivity index is 1.58. The lowest BCUT2D eigenvalue weighted by Gasteiger charge is -2.39. The van der Waals surface area contributed by atoms with Crippen LogP contribution in [0.1, 0.15) is 37.0 Å². The molecule has 0 saturated carbocycles. The molecule has 1 aromatic rings. The lowest BCUT2D eigenvalue weighted by molar-refractivity contribution is -0.384. The first kappa shape index (κ1) is 19.3. The van der Waals surface area contributed by atoms with E-state index in [0.717, 1.165) is 0 Å². The highest BCUT2D eigenvalue weighted by atomic mass is 16.6. The summed E-state index contributed by atoms with van der Waals surface area (Å²) in [5.74, 6) is -0.172. The minimum absolute atomic E-state index is 0.0354. The van der Waals surface area contributed by atoms with E-state index >= 15 is 0 Å². The van der Waals surface area contributed by atoms with Gasteiger partial charge >= 0.3 is 0 Å². The molecule has 2 amide bonds. The van der Waals surface area contributed by atoms with Crippen LogP contribution in [0.15, 0.2) is 24.3 Å².